The Kier molecular flexibility index (Phi) is 4.13. The maximum absolute atomic E-state index is 12.3. The SMILES string of the molecule is Cc1ccc(S(=O)(=O)C[C@@H](C)Nc2cnn(C)c2)cc1. The molecule has 0 saturated carbocycles. The van der Waals surface area contributed by atoms with Crippen molar-refractivity contribution in [3.63, 3.8) is 0 Å². The molecule has 0 bridgehead atoms. The van der Waals surface area contributed by atoms with Gasteiger partial charge >= 0.3 is 0 Å². The zero-order chi connectivity index (χ0) is 14.8. The molecule has 0 aliphatic heterocycles. The summed E-state index contributed by atoms with van der Waals surface area (Å²) in [6.07, 6.45) is 3.49. The van der Waals surface area contributed by atoms with Crippen LogP contribution in [0.5, 0.6) is 0 Å². The first-order valence-corrected chi connectivity index (χ1v) is 8.07. The van der Waals surface area contributed by atoms with E-state index < -0.39 is 9.84 Å². The number of aromatic nitrogens is 2. The fraction of sp³-hybridized carbons (Fsp3) is 0.357. The lowest BCUT2D eigenvalue weighted by Crippen LogP contribution is -2.25. The summed E-state index contributed by atoms with van der Waals surface area (Å²) in [6, 6.07) is 6.74. The standard InChI is InChI=1S/C14H19N3O2S/c1-11-4-6-14(7-5-11)20(18,19)10-12(2)16-13-8-15-17(3)9-13/h4-9,12,16H,10H2,1-3H3/t12-/m1/s1. The number of anilines is 1. The lowest BCUT2D eigenvalue weighted by Gasteiger charge is -2.14. The molecule has 5 nitrogen and oxygen atoms in total. The van der Waals surface area contributed by atoms with Crippen molar-refractivity contribution in [2.24, 2.45) is 7.05 Å². The molecule has 1 aromatic carbocycles. The fourth-order valence-corrected chi connectivity index (χ4v) is 3.48. The Morgan fingerprint density at radius 2 is 1.95 bits per heavy atom. The van der Waals surface area contributed by atoms with E-state index >= 15 is 0 Å². The minimum Gasteiger partial charge on any atom is -0.379 e. The Labute approximate surface area is 119 Å². The molecule has 2 rings (SSSR count). The quantitative estimate of drug-likeness (QED) is 0.916. The van der Waals surface area contributed by atoms with Crippen LogP contribution >= 0.6 is 0 Å². The minimum absolute atomic E-state index is 0.0466. The predicted molar refractivity (Wildman–Crippen MR) is 79.5 cm³/mol. The van der Waals surface area contributed by atoms with E-state index in [1.807, 2.05) is 39.2 Å². The van der Waals surface area contributed by atoms with Gasteiger partial charge in [0.1, 0.15) is 0 Å². The van der Waals surface area contributed by atoms with Gasteiger partial charge in [-0.05, 0) is 26.0 Å². The molecule has 1 aromatic heterocycles. The third kappa shape index (κ3) is 3.60. The van der Waals surface area contributed by atoms with Gasteiger partial charge in [-0.2, -0.15) is 5.10 Å². The lowest BCUT2D eigenvalue weighted by atomic mass is 10.2. The van der Waals surface area contributed by atoms with Crippen LogP contribution in [0.4, 0.5) is 5.69 Å². The van der Waals surface area contributed by atoms with Crippen molar-refractivity contribution in [3.8, 4) is 0 Å². The van der Waals surface area contributed by atoms with Crippen molar-refractivity contribution in [1.29, 1.82) is 0 Å². The topological polar surface area (TPSA) is 64.0 Å². The van der Waals surface area contributed by atoms with Crippen molar-refractivity contribution < 1.29 is 8.42 Å². The van der Waals surface area contributed by atoms with Gasteiger partial charge in [0.05, 0.1) is 22.5 Å². The van der Waals surface area contributed by atoms with Gasteiger partial charge < -0.3 is 5.32 Å². The van der Waals surface area contributed by atoms with Crippen LogP contribution in [0.2, 0.25) is 0 Å². The molecule has 2 aromatic rings. The molecule has 0 radical (unpaired) electrons. The van der Waals surface area contributed by atoms with E-state index in [9.17, 15) is 8.42 Å². The van der Waals surface area contributed by atoms with Gasteiger partial charge in [0.15, 0.2) is 9.84 Å². The molecule has 0 spiro atoms. The molecule has 1 heterocycles. The highest BCUT2D eigenvalue weighted by molar-refractivity contribution is 7.91. The number of hydrogen-bond acceptors (Lipinski definition) is 4. The van der Waals surface area contributed by atoms with Gasteiger partial charge in [-0.25, -0.2) is 8.42 Å². The van der Waals surface area contributed by atoms with Crippen LogP contribution in [0, 0.1) is 6.92 Å². The lowest BCUT2D eigenvalue weighted by molar-refractivity contribution is 0.592. The largest absolute Gasteiger partial charge is 0.379 e. The van der Waals surface area contributed by atoms with Crippen molar-refractivity contribution in [3.05, 3.63) is 42.2 Å². The normalized spacial score (nSPS) is 13.2. The van der Waals surface area contributed by atoms with Gasteiger partial charge in [-0.1, -0.05) is 17.7 Å². The average Bonchev–Trinajstić information content (AvgIpc) is 2.74. The molecule has 0 saturated heterocycles. The van der Waals surface area contributed by atoms with Crippen LogP contribution in [0.3, 0.4) is 0 Å². The highest BCUT2D eigenvalue weighted by atomic mass is 32.2. The smallest absolute Gasteiger partial charge is 0.180 e. The van der Waals surface area contributed by atoms with Crippen molar-refractivity contribution in [2.45, 2.75) is 24.8 Å². The second-order valence-corrected chi connectivity index (χ2v) is 7.08. The number of sulfone groups is 1. The second-order valence-electron chi connectivity index (χ2n) is 5.04. The number of hydrogen-bond donors (Lipinski definition) is 1. The summed E-state index contributed by atoms with van der Waals surface area (Å²) in [5.41, 5.74) is 1.87. The molecule has 1 atom stereocenters. The number of benzene rings is 1. The summed E-state index contributed by atoms with van der Waals surface area (Å²) in [5.74, 6) is 0.0466. The molecule has 6 heteroatoms. The summed E-state index contributed by atoms with van der Waals surface area (Å²) in [7, 11) is -1.46. The Bertz CT molecular complexity index is 675. The van der Waals surface area contributed by atoms with Crippen molar-refractivity contribution in [2.75, 3.05) is 11.1 Å². The van der Waals surface area contributed by atoms with Crippen LogP contribution in [0.25, 0.3) is 0 Å². The fourth-order valence-electron chi connectivity index (χ4n) is 1.99. The monoisotopic (exact) mass is 293 g/mol. The van der Waals surface area contributed by atoms with E-state index in [-0.39, 0.29) is 11.8 Å². The summed E-state index contributed by atoms with van der Waals surface area (Å²) < 4.78 is 26.2. The van der Waals surface area contributed by atoms with E-state index in [2.05, 4.69) is 10.4 Å². The predicted octanol–water partition coefficient (Wildman–Crippen LogP) is 2.00. The van der Waals surface area contributed by atoms with Crippen LogP contribution < -0.4 is 5.32 Å². The van der Waals surface area contributed by atoms with Gasteiger partial charge in [0.25, 0.3) is 0 Å². The Morgan fingerprint density at radius 3 is 2.50 bits per heavy atom. The molecule has 20 heavy (non-hydrogen) atoms. The number of nitrogens with zero attached hydrogens (tertiary/aromatic N) is 2. The van der Waals surface area contributed by atoms with Crippen LogP contribution in [-0.4, -0.2) is 30.0 Å². The maximum Gasteiger partial charge on any atom is 0.180 e. The first-order valence-electron chi connectivity index (χ1n) is 6.41. The van der Waals surface area contributed by atoms with Crippen molar-refractivity contribution >= 4 is 15.5 Å². The molecule has 0 aliphatic rings. The van der Waals surface area contributed by atoms with Gasteiger partial charge in [-0.3, -0.25) is 4.68 Å². The minimum atomic E-state index is -3.28. The molecular formula is C14H19N3O2S. The molecule has 108 valence electrons. The summed E-state index contributed by atoms with van der Waals surface area (Å²) >= 11 is 0. The van der Waals surface area contributed by atoms with E-state index in [0.29, 0.717) is 4.90 Å². The second kappa shape index (κ2) is 5.66. The number of nitrogens with one attached hydrogen (secondary N) is 1. The first-order chi connectivity index (χ1) is 9.37. The third-order valence-electron chi connectivity index (χ3n) is 2.97. The number of aryl methyl sites for hydroxylation is 2. The molecule has 1 N–H and O–H groups in total. The summed E-state index contributed by atoms with van der Waals surface area (Å²) in [5, 5.41) is 7.18. The molecule has 0 aliphatic carbocycles. The highest BCUT2D eigenvalue weighted by Gasteiger charge is 2.18. The van der Waals surface area contributed by atoms with E-state index in [1.54, 1.807) is 23.0 Å². The molecule has 0 unspecified atom stereocenters. The molecule has 0 fully saturated rings. The average molecular weight is 293 g/mol. The molecule has 0 amide bonds. The van der Waals surface area contributed by atoms with Gasteiger partial charge in [-0.15, -0.1) is 0 Å². The summed E-state index contributed by atoms with van der Waals surface area (Å²) in [4.78, 5) is 0.364. The van der Waals surface area contributed by atoms with E-state index in [0.717, 1.165) is 11.3 Å². The third-order valence-corrected chi connectivity index (χ3v) is 4.90. The zero-order valence-corrected chi connectivity index (χ0v) is 12.7. The van der Waals surface area contributed by atoms with Crippen LogP contribution in [0.1, 0.15) is 12.5 Å². The van der Waals surface area contributed by atoms with Gasteiger partial charge in [0, 0.05) is 19.3 Å². The maximum atomic E-state index is 12.3. The number of rotatable bonds is 5. The van der Waals surface area contributed by atoms with Crippen LogP contribution in [0.15, 0.2) is 41.6 Å². The zero-order valence-electron chi connectivity index (χ0n) is 11.9. The molecular weight excluding hydrogens is 274 g/mol. The highest BCUT2D eigenvalue weighted by Crippen LogP contribution is 2.15. The van der Waals surface area contributed by atoms with E-state index in [1.165, 1.54) is 0 Å². The Hall–Kier alpha value is -1.82. The van der Waals surface area contributed by atoms with Crippen LogP contribution in [-0.2, 0) is 16.9 Å². The first kappa shape index (κ1) is 14.6. The van der Waals surface area contributed by atoms with E-state index in [4.69, 9.17) is 0 Å². The Balaban J connectivity index is 2.06. The Morgan fingerprint density at radius 1 is 1.30 bits per heavy atom. The van der Waals surface area contributed by atoms with Gasteiger partial charge in [0.2, 0.25) is 0 Å². The summed E-state index contributed by atoms with van der Waals surface area (Å²) in [6.45, 7) is 3.78. The van der Waals surface area contributed by atoms with Crippen molar-refractivity contribution in [1.82, 2.24) is 9.78 Å².